The monoisotopic (exact) mass is 962 g/mol. The highest BCUT2D eigenvalue weighted by Crippen LogP contribution is 2.38. The maximum atomic E-state index is 14.2. The minimum Gasteiger partial charge on any atom is -0.444 e. The number of amides is 6. The Hall–Kier alpha value is -6.18. The third-order valence-corrected chi connectivity index (χ3v) is 13.5. The molecule has 2 fully saturated rings. The molecule has 18 nitrogen and oxygen atoms in total. The number of anilines is 2. The number of nitrogens with zero attached hydrogens (tertiary/aromatic N) is 8. The van der Waals surface area contributed by atoms with Crippen molar-refractivity contribution in [1.29, 1.82) is 0 Å². The Morgan fingerprint density at radius 2 is 1.01 bits per heavy atom. The van der Waals surface area contributed by atoms with E-state index < -0.39 is 35.3 Å². The maximum Gasteiger partial charge on any atom is 0.410 e. The van der Waals surface area contributed by atoms with Crippen molar-refractivity contribution in [2.24, 2.45) is 5.73 Å². The fraction of sp³-hybridized carbons (Fsp3) is 0.500. The van der Waals surface area contributed by atoms with Crippen LogP contribution >= 0.6 is 0 Å². The lowest BCUT2D eigenvalue weighted by Gasteiger charge is -2.36. The molecule has 6 amide bonds. The predicted molar refractivity (Wildman–Crippen MR) is 268 cm³/mol. The molecule has 0 spiro atoms. The van der Waals surface area contributed by atoms with Crippen LogP contribution in [0.25, 0.3) is 21.5 Å². The highest BCUT2D eigenvalue weighted by atomic mass is 16.6. The summed E-state index contributed by atoms with van der Waals surface area (Å²) in [6.07, 6.45) is -0.390. The summed E-state index contributed by atoms with van der Waals surface area (Å²) in [5, 5.41) is 2.98. The van der Waals surface area contributed by atoms with E-state index in [1.165, 1.54) is 19.6 Å². The zero-order chi connectivity index (χ0) is 49.7. The van der Waals surface area contributed by atoms with E-state index >= 15 is 0 Å². The zero-order valence-corrected chi connectivity index (χ0v) is 41.2. The summed E-state index contributed by atoms with van der Waals surface area (Å²) < 4.78 is 16.9. The minimum atomic E-state index is -0.849. The molecular formula is C52H67N9O9. The van der Waals surface area contributed by atoms with Gasteiger partial charge < -0.3 is 49.3 Å². The first kappa shape index (κ1) is 50.2. The number of benzene rings is 4. The van der Waals surface area contributed by atoms with E-state index in [0.29, 0.717) is 46.2 Å². The van der Waals surface area contributed by atoms with Gasteiger partial charge in [-0.15, -0.1) is 0 Å². The number of carbonyl (C=O) groups excluding carboxylic acids is 6. The average Bonchev–Trinajstić information content (AvgIpc) is 3.34. The number of rotatable bonds is 19. The molecule has 4 aromatic rings. The number of hydrogen-bond acceptors (Lipinski definition) is 14. The molecule has 70 heavy (non-hydrogen) atoms. The number of hydrogen-bond donors (Lipinski definition) is 1. The van der Waals surface area contributed by atoms with Crippen LogP contribution in [0.2, 0.25) is 0 Å². The van der Waals surface area contributed by atoms with E-state index in [-0.39, 0.29) is 71.4 Å². The van der Waals surface area contributed by atoms with Gasteiger partial charge in [-0.2, -0.15) is 0 Å². The fourth-order valence-corrected chi connectivity index (χ4v) is 9.74. The van der Waals surface area contributed by atoms with E-state index in [9.17, 15) is 28.8 Å². The third kappa shape index (κ3) is 10.9. The van der Waals surface area contributed by atoms with Crippen LogP contribution in [0.1, 0.15) is 68.6 Å². The van der Waals surface area contributed by atoms with Crippen LogP contribution in [0.4, 0.5) is 16.2 Å². The standard InChI is InChI=1S/C52H67N9O9/c1-52(2,3)70-51(67)59(29-31-61-48(64)39-12-7-10-37-43(57-26-22-55(5)23-27-57)16-14-41(46(37)39)50(61)66)19-8-18-58(44(62)35-69-34-33-68-32-17-53)28-30-60-47(63)38-11-6-9-36-42(56-24-20-54(4)21-25-56)15-13-40(45(36)38)49(60)65/h6-7,9-16H,8,17-35,53H2,1-5H3. The quantitative estimate of drug-likeness (QED) is 0.106. The average molecular weight is 962 g/mol. The first-order valence-electron chi connectivity index (χ1n) is 24.5. The van der Waals surface area contributed by atoms with Crippen molar-refractivity contribution in [1.82, 2.24) is 29.4 Å². The van der Waals surface area contributed by atoms with Gasteiger partial charge in [-0.3, -0.25) is 33.8 Å². The first-order valence-corrected chi connectivity index (χ1v) is 24.5. The lowest BCUT2D eigenvalue weighted by Crippen LogP contribution is -2.48. The Labute approximate surface area is 409 Å². The van der Waals surface area contributed by atoms with Gasteiger partial charge in [0.25, 0.3) is 23.6 Å². The second-order valence-corrected chi connectivity index (χ2v) is 19.5. The summed E-state index contributed by atoms with van der Waals surface area (Å²) in [5.74, 6) is -2.14. The molecule has 2 saturated heterocycles. The summed E-state index contributed by atoms with van der Waals surface area (Å²) in [6, 6.07) is 18.6. The van der Waals surface area contributed by atoms with Gasteiger partial charge >= 0.3 is 6.09 Å². The second-order valence-electron chi connectivity index (χ2n) is 19.5. The lowest BCUT2D eigenvalue weighted by atomic mass is 9.92. The van der Waals surface area contributed by atoms with Crippen LogP contribution < -0.4 is 15.5 Å². The SMILES string of the molecule is CN1CCN(c2ccc3c4c(cccc24)C(=O)N(CCN(CCCN(CCN2C(=O)c4cccc5c(N6CCN(C)CC6)ccc(c45)C2=O)C(=O)OC(C)(C)C)C(=O)COCCOCCN)C3=O)CC1. The molecule has 2 N–H and O–H groups in total. The van der Waals surface area contributed by atoms with Crippen LogP contribution in [-0.4, -0.2) is 209 Å². The molecule has 4 aliphatic rings. The smallest absolute Gasteiger partial charge is 0.410 e. The Balaban J connectivity index is 0.964. The van der Waals surface area contributed by atoms with Crippen LogP contribution in [0.3, 0.4) is 0 Å². The highest BCUT2D eigenvalue weighted by Gasteiger charge is 2.37. The second kappa shape index (κ2) is 21.9. The van der Waals surface area contributed by atoms with Gasteiger partial charge in [0.05, 0.1) is 19.8 Å². The summed E-state index contributed by atoms with van der Waals surface area (Å²) in [5.41, 5.74) is 8.36. The Kier molecular flexibility index (Phi) is 15.7. The van der Waals surface area contributed by atoms with Crippen molar-refractivity contribution in [3.8, 4) is 0 Å². The largest absolute Gasteiger partial charge is 0.444 e. The van der Waals surface area contributed by atoms with Gasteiger partial charge in [0.15, 0.2) is 0 Å². The molecule has 0 aliphatic carbocycles. The molecule has 18 heteroatoms. The number of imide groups is 2. The third-order valence-electron chi connectivity index (χ3n) is 13.5. The molecule has 0 saturated carbocycles. The normalized spacial score (nSPS) is 16.8. The van der Waals surface area contributed by atoms with Crippen molar-refractivity contribution in [2.45, 2.75) is 32.8 Å². The fourth-order valence-electron chi connectivity index (χ4n) is 9.74. The number of ether oxygens (including phenoxy) is 3. The molecule has 0 atom stereocenters. The molecule has 374 valence electrons. The van der Waals surface area contributed by atoms with E-state index in [0.717, 1.165) is 74.5 Å². The maximum absolute atomic E-state index is 14.2. The molecule has 4 heterocycles. The van der Waals surface area contributed by atoms with Crippen molar-refractivity contribution in [2.75, 3.05) is 148 Å². The molecule has 0 bridgehead atoms. The lowest BCUT2D eigenvalue weighted by molar-refractivity contribution is -0.136. The van der Waals surface area contributed by atoms with Gasteiger partial charge in [0.1, 0.15) is 12.2 Å². The zero-order valence-electron chi connectivity index (χ0n) is 41.2. The Morgan fingerprint density at radius 1 is 0.571 bits per heavy atom. The molecule has 0 aromatic heterocycles. The minimum absolute atomic E-state index is 0.00126. The summed E-state index contributed by atoms with van der Waals surface area (Å²) in [4.78, 5) is 98.9. The van der Waals surface area contributed by atoms with Crippen LogP contribution in [0, 0.1) is 0 Å². The molecule has 0 unspecified atom stereocenters. The summed E-state index contributed by atoms with van der Waals surface area (Å²) in [6.45, 7) is 13.0. The van der Waals surface area contributed by atoms with E-state index in [4.69, 9.17) is 19.9 Å². The van der Waals surface area contributed by atoms with Crippen LogP contribution in [0.5, 0.6) is 0 Å². The van der Waals surface area contributed by atoms with Crippen LogP contribution in [0.15, 0.2) is 60.7 Å². The Morgan fingerprint density at radius 3 is 1.49 bits per heavy atom. The Bertz CT molecular complexity index is 2570. The summed E-state index contributed by atoms with van der Waals surface area (Å²) in [7, 11) is 4.19. The van der Waals surface area contributed by atoms with Crippen molar-refractivity contribution < 1.29 is 43.0 Å². The first-order chi connectivity index (χ1) is 33.6. The number of piperazine rings is 2. The molecule has 8 rings (SSSR count). The summed E-state index contributed by atoms with van der Waals surface area (Å²) >= 11 is 0. The van der Waals surface area contributed by atoms with Crippen LogP contribution in [-0.2, 0) is 19.0 Å². The highest BCUT2D eigenvalue weighted by molar-refractivity contribution is 6.28. The van der Waals surface area contributed by atoms with E-state index in [2.05, 4.69) is 33.7 Å². The van der Waals surface area contributed by atoms with Crippen molar-refractivity contribution >= 4 is 68.5 Å². The van der Waals surface area contributed by atoms with Crippen molar-refractivity contribution in [3.63, 3.8) is 0 Å². The topological polar surface area (TPSA) is 182 Å². The molecular weight excluding hydrogens is 895 g/mol. The van der Waals surface area contributed by atoms with Crippen molar-refractivity contribution in [3.05, 3.63) is 82.9 Å². The van der Waals surface area contributed by atoms with Gasteiger partial charge in [-0.25, -0.2) is 4.79 Å². The molecule has 4 aliphatic heterocycles. The number of carbonyl (C=O) groups is 6. The molecule has 4 aromatic carbocycles. The van der Waals surface area contributed by atoms with E-state index in [1.54, 1.807) is 45.0 Å². The predicted octanol–water partition coefficient (Wildman–Crippen LogP) is 3.84. The number of nitrogens with two attached hydrogens (primary N) is 1. The van der Waals surface area contributed by atoms with Gasteiger partial charge in [0.2, 0.25) is 5.91 Å². The molecule has 0 radical (unpaired) electrons. The van der Waals surface area contributed by atoms with Gasteiger partial charge in [0, 0.05) is 153 Å². The van der Waals surface area contributed by atoms with E-state index in [1.807, 2.05) is 36.4 Å². The number of likely N-dealkylation sites (N-methyl/N-ethyl adjacent to an activating group) is 2. The van der Waals surface area contributed by atoms with Gasteiger partial charge in [-0.1, -0.05) is 24.3 Å². The van der Waals surface area contributed by atoms with Gasteiger partial charge in [-0.05, 0) is 77.7 Å².